The van der Waals surface area contributed by atoms with Crippen LogP contribution in [-0.2, 0) is 0 Å². The fourth-order valence-electron chi connectivity index (χ4n) is 2.34. The van der Waals surface area contributed by atoms with Crippen LogP contribution in [0.5, 0.6) is 0 Å². The lowest BCUT2D eigenvalue weighted by atomic mass is 10.0. The minimum Gasteiger partial charge on any atom is -0.330 e. The molecule has 0 atom stereocenters. The molecule has 0 fully saturated rings. The molecule has 3 aromatic carbocycles. The van der Waals surface area contributed by atoms with Crippen LogP contribution in [0.1, 0.15) is 10.4 Å². The lowest BCUT2D eigenvalue weighted by Crippen LogP contribution is -2.34. The molecule has 0 saturated carbocycles. The quantitative estimate of drug-likeness (QED) is 0.439. The molecule has 6 heteroatoms. The van der Waals surface area contributed by atoms with Crippen molar-refractivity contribution in [2.75, 3.05) is 5.32 Å². The van der Waals surface area contributed by atoms with Gasteiger partial charge in [0.15, 0.2) is 5.11 Å². The summed E-state index contributed by atoms with van der Waals surface area (Å²) in [4.78, 5) is 12.5. The van der Waals surface area contributed by atoms with Crippen LogP contribution < -0.4 is 10.6 Å². The predicted molar refractivity (Wildman–Crippen MR) is 107 cm³/mol. The van der Waals surface area contributed by atoms with E-state index in [1.54, 1.807) is 18.2 Å². The minimum atomic E-state index is -0.427. The topological polar surface area (TPSA) is 41.1 Å². The number of rotatable bonds is 2. The van der Waals surface area contributed by atoms with Crippen LogP contribution in [0.2, 0.25) is 0 Å². The van der Waals surface area contributed by atoms with Gasteiger partial charge in [-0.05, 0) is 69.8 Å². The molecule has 0 unspecified atom stereocenters. The molecule has 3 aromatic rings. The fourth-order valence-corrected chi connectivity index (χ4v) is 2.99. The third-order valence-corrected chi connectivity index (χ3v) is 4.32. The smallest absolute Gasteiger partial charge is 0.258 e. The number of carbonyl (C=O) groups is 1. The highest BCUT2D eigenvalue weighted by Crippen LogP contribution is 2.19. The Morgan fingerprint density at radius 3 is 2.58 bits per heavy atom. The van der Waals surface area contributed by atoms with Crippen molar-refractivity contribution in [1.82, 2.24) is 5.32 Å². The number of amides is 1. The van der Waals surface area contributed by atoms with Gasteiger partial charge in [-0.2, -0.15) is 0 Å². The van der Waals surface area contributed by atoms with E-state index in [1.807, 2.05) is 59.0 Å². The van der Waals surface area contributed by atoms with E-state index in [1.165, 1.54) is 6.07 Å². The summed E-state index contributed by atoms with van der Waals surface area (Å²) in [5, 5.41) is 7.15. The van der Waals surface area contributed by atoms with E-state index in [2.05, 4.69) is 10.6 Å². The third-order valence-electron chi connectivity index (χ3n) is 3.44. The first-order chi connectivity index (χ1) is 11.5. The average Bonchev–Trinajstić information content (AvgIpc) is 2.57. The molecule has 0 aromatic heterocycles. The summed E-state index contributed by atoms with van der Waals surface area (Å²) in [6.45, 7) is 0. The summed E-state index contributed by atoms with van der Waals surface area (Å²) >= 11 is 7.14. The van der Waals surface area contributed by atoms with Crippen molar-refractivity contribution < 1.29 is 9.18 Å². The molecule has 2 N–H and O–H groups in total. The molecule has 0 spiro atoms. The van der Waals surface area contributed by atoms with Gasteiger partial charge in [0.2, 0.25) is 0 Å². The van der Waals surface area contributed by atoms with Crippen molar-refractivity contribution in [3.8, 4) is 0 Å². The van der Waals surface area contributed by atoms with Crippen molar-refractivity contribution in [2.45, 2.75) is 0 Å². The lowest BCUT2D eigenvalue weighted by Gasteiger charge is -2.11. The highest BCUT2D eigenvalue weighted by Gasteiger charge is 2.12. The van der Waals surface area contributed by atoms with E-state index in [4.69, 9.17) is 12.2 Å². The Kier molecular flexibility index (Phi) is 5.06. The Morgan fingerprint density at radius 1 is 1.04 bits per heavy atom. The molecule has 24 heavy (non-hydrogen) atoms. The van der Waals surface area contributed by atoms with E-state index in [0.717, 1.165) is 14.3 Å². The molecule has 0 aliphatic carbocycles. The summed E-state index contributed by atoms with van der Waals surface area (Å²) < 4.78 is 14.6. The number of benzene rings is 3. The number of hydrogen-bond acceptors (Lipinski definition) is 2. The first-order valence-electron chi connectivity index (χ1n) is 7.10. The summed E-state index contributed by atoms with van der Waals surface area (Å²) in [6, 6.07) is 17.8. The molecule has 120 valence electrons. The number of anilines is 1. The number of fused-ring (bicyclic) bond motifs is 1. The molecule has 1 amide bonds. The van der Waals surface area contributed by atoms with Gasteiger partial charge >= 0.3 is 0 Å². The van der Waals surface area contributed by atoms with Gasteiger partial charge < -0.3 is 5.32 Å². The zero-order valence-electron chi connectivity index (χ0n) is 12.3. The second-order valence-electron chi connectivity index (χ2n) is 5.06. The van der Waals surface area contributed by atoms with E-state index in [9.17, 15) is 9.18 Å². The van der Waals surface area contributed by atoms with Crippen LogP contribution in [0.4, 0.5) is 10.1 Å². The normalized spacial score (nSPS) is 10.4. The molecule has 0 aliphatic heterocycles. The summed E-state index contributed by atoms with van der Waals surface area (Å²) in [5.74, 6) is -0.765. The number of hydrogen-bond donors (Lipinski definition) is 2. The first kappa shape index (κ1) is 16.8. The Balaban J connectivity index is 1.77. The van der Waals surface area contributed by atoms with Gasteiger partial charge in [-0.25, -0.2) is 4.39 Å². The maximum atomic E-state index is 13.8. The lowest BCUT2D eigenvalue weighted by molar-refractivity contribution is 0.0979. The predicted octanol–water partition coefficient (Wildman–Crippen LogP) is 4.71. The SMILES string of the molecule is O=C(NC(=S)Nc1ccc(I)cc1F)c1cccc2ccccc12. The third kappa shape index (κ3) is 3.70. The zero-order chi connectivity index (χ0) is 17.1. The Bertz CT molecular complexity index is 940. The highest BCUT2D eigenvalue weighted by molar-refractivity contribution is 14.1. The molecule has 0 saturated heterocycles. The molecular weight excluding hydrogens is 438 g/mol. The van der Waals surface area contributed by atoms with Gasteiger partial charge in [0, 0.05) is 9.13 Å². The Hall–Kier alpha value is -2.06. The van der Waals surface area contributed by atoms with Crippen LogP contribution in [0.3, 0.4) is 0 Å². The van der Waals surface area contributed by atoms with Gasteiger partial charge in [-0.15, -0.1) is 0 Å². The van der Waals surface area contributed by atoms with Crippen molar-refractivity contribution in [2.24, 2.45) is 0 Å². The average molecular weight is 450 g/mol. The fraction of sp³-hybridized carbons (Fsp3) is 0. The second kappa shape index (κ2) is 7.23. The number of halogens is 2. The van der Waals surface area contributed by atoms with Crippen molar-refractivity contribution in [1.29, 1.82) is 0 Å². The standard InChI is InChI=1S/C18H12FIN2OS/c19-15-10-12(20)8-9-16(15)21-18(24)22-17(23)14-7-3-5-11-4-1-2-6-13(11)14/h1-10H,(H2,21,22,23,24). The summed E-state index contributed by atoms with van der Waals surface area (Å²) in [5.41, 5.74) is 0.735. The Morgan fingerprint density at radius 2 is 1.79 bits per heavy atom. The molecule has 3 rings (SSSR count). The van der Waals surface area contributed by atoms with E-state index < -0.39 is 5.82 Å². The molecule has 3 nitrogen and oxygen atoms in total. The van der Waals surface area contributed by atoms with Gasteiger partial charge in [0.1, 0.15) is 5.82 Å². The minimum absolute atomic E-state index is 0.0491. The van der Waals surface area contributed by atoms with Gasteiger partial charge in [0.05, 0.1) is 5.69 Å². The number of carbonyl (C=O) groups excluding carboxylic acids is 1. The molecule has 0 bridgehead atoms. The Labute approximate surface area is 157 Å². The number of thiocarbonyl (C=S) groups is 1. The van der Waals surface area contributed by atoms with Crippen molar-refractivity contribution in [3.05, 3.63) is 75.6 Å². The monoisotopic (exact) mass is 450 g/mol. The van der Waals surface area contributed by atoms with Crippen LogP contribution in [-0.4, -0.2) is 11.0 Å². The highest BCUT2D eigenvalue weighted by atomic mass is 127. The van der Waals surface area contributed by atoms with Gasteiger partial charge in [-0.1, -0.05) is 36.4 Å². The maximum Gasteiger partial charge on any atom is 0.258 e. The number of nitrogens with one attached hydrogen (secondary N) is 2. The van der Waals surface area contributed by atoms with Crippen LogP contribution >= 0.6 is 34.8 Å². The van der Waals surface area contributed by atoms with E-state index in [0.29, 0.717) is 5.56 Å². The van der Waals surface area contributed by atoms with Crippen molar-refractivity contribution in [3.63, 3.8) is 0 Å². The van der Waals surface area contributed by atoms with Crippen LogP contribution in [0, 0.1) is 9.39 Å². The second-order valence-corrected chi connectivity index (χ2v) is 6.71. The summed E-state index contributed by atoms with van der Waals surface area (Å²) in [7, 11) is 0. The van der Waals surface area contributed by atoms with E-state index >= 15 is 0 Å². The molecular formula is C18H12FIN2OS. The zero-order valence-corrected chi connectivity index (χ0v) is 15.3. The van der Waals surface area contributed by atoms with Gasteiger partial charge in [-0.3, -0.25) is 10.1 Å². The van der Waals surface area contributed by atoms with Crippen LogP contribution in [0.25, 0.3) is 10.8 Å². The van der Waals surface area contributed by atoms with Crippen LogP contribution in [0.15, 0.2) is 60.7 Å². The van der Waals surface area contributed by atoms with Crippen molar-refractivity contribution >= 4 is 62.3 Å². The largest absolute Gasteiger partial charge is 0.330 e. The maximum absolute atomic E-state index is 13.8. The van der Waals surface area contributed by atoms with Gasteiger partial charge in [0.25, 0.3) is 5.91 Å². The molecule has 0 heterocycles. The first-order valence-corrected chi connectivity index (χ1v) is 8.58. The summed E-state index contributed by atoms with van der Waals surface area (Å²) in [6.07, 6.45) is 0. The van der Waals surface area contributed by atoms with E-state index in [-0.39, 0.29) is 16.7 Å². The molecule has 0 aliphatic rings. The molecule has 0 radical (unpaired) electrons.